The molecule has 1 aliphatic rings. The lowest BCUT2D eigenvalue weighted by atomic mass is 10.0. The van der Waals surface area contributed by atoms with Gasteiger partial charge in [0.2, 0.25) is 5.91 Å². The van der Waals surface area contributed by atoms with Crippen LogP contribution in [-0.4, -0.2) is 40.5 Å². The van der Waals surface area contributed by atoms with Gasteiger partial charge in [-0.25, -0.2) is 9.97 Å². The number of amides is 2. The molecule has 0 bridgehead atoms. The van der Waals surface area contributed by atoms with Gasteiger partial charge in [0.15, 0.2) is 5.82 Å². The van der Waals surface area contributed by atoms with Gasteiger partial charge in [-0.3, -0.25) is 14.2 Å². The fourth-order valence-corrected chi connectivity index (χ4v) is 4.18. The second-order valence-corrected chi connectivity index (χ2v) is 7.98. The van der Waals surface area contributed by atoms with Gasteiger partial charge in [0.1, 0.15) is 11.4 Å². The molecule has 0 unspecified atom stereocenters. The Bertz CT molecular complexity index is 1420. The number of carbonyl (C=O) groups is 2. The summed E-state index contributed by atoms with van der Waals surface area (Å²) in [6.45, 7) is 1.91. The highest BCUT2D eigenvalue weighted by atomic mass is 16.5. The Morgan fingerprint density at radius 1 is 1.09 bits per heavy atom. The molecule has 0 saturated heterocycles. The highest BCUT2D eigenvalue weighted by Gasteiger charge is 2.20. The van der Waals surface area contributed by atoms with E-state index >= 15 is 0 Å². The summed E-state index contributed by atoms with van der Waals surface area (Å²) in [6.07, 6.45) is 1.13. The topological polar surface area (TPSA) is 98.1 Å². The van der Waals surface area contributed by atoms with E-state index in [0.717, 1.165) is 28.1 Å². The second-order valence-electron chi connectivity index (χ2n) is 7.98. The molecule has 166 valence electrons. The van der Waals surface area contributed by atoms with Crippen LogP contribution >= 0.6 is 0 Å². The van der Waals surface area contributed by atoms with E-state index in [9.17, 15) is 9.59 Å². The van der Waals surface area contributed by atoms with Crippen LogP contribution in [0, 0.1) is 6.92 Å². The number of hydrogen-bond acceptors (Lipinski definition) is 5. The van der Waals surface area contributed by atoms with Crippen LogP contribution in [0.25, 0.3) is 28.2 Å². The number of nitrogens with zero attached hydrogens (tertiary/aromatic N) is 3. The maximum Gasteiger partial charge on any atom is 0.251 e. The van der Waals surface area contributed by atoms with Crippen LogP contribution in [0.2, 0.25) is 0 Å². The number of hydrogen-bond donors (Lipinski definition) is 2. The summed E-state index contributed by atoms with van der Waals surface area (Å²) in [6, 6.07) is 15.1. The fraction of sp³-hybridized carbons (Fsp3) is 0.200. The first-order chi connectivity index (χ1) is 16.0. The predicted octanol–water partition coefficient (Wildman–Crippen LogP) is 3.65. The molecular formula is C25H23N5O3. The lowest BCUT2D eigenvalue weighted by molar-refractivity contribution is -0.116. The molecule has 2 N–H and O–H groups in total. The molecule has 0 fully saturated rings. The van der Waals surface area contributed by atoms with Gasteiger partial charge in [-0.2, -0.15) is 0 Å². The number of imidazole rings is 1. The maximum absolute atomic E-state index is 12.2. The van der Waals surface area contributed by atoms with Crippen molar-refractivity contribution in [2.24, 2.45) is 0 Å². The minimum absolute atomic E-state index is 0.0294. The summed E-state index contributed by atoms with van der Waals surface area (Å²) in [5, 5.41) is 5.58. The molecule has 4 aromatic rings. The number of rotatable bonds is 4. The Kier molecular flexibility index (Phi) is 5.05. The SMILES string of the molecule is CNC(=O)c1ccc2c(c1)nc(-c1cc(OC)cc(C)n1)n2-c1ccc2c(c1)CCC(=O)N2. The Balaban J connectivity index is 1.76. The number of nitrogens with one attached hydrogen (secondary N) is 2. The lowest BCUT2D eigenvalue weighted by Gasteiger charge is -2.19. The molecular weight excluding hydrogens is 418 g/mol. The van der Waals surface area contributed by atoms with Crippen LogP contribution in [0.1, 0.15) is 28.0 Å². The Hall–Kier alpha value is -4.20. The maximum atomic E-state index is 12.2. The highest BCUT2D eigenvalue weighted by Crippen LogP contribution is 2.33. The van der Waals surface area contributed by atoms with Gasteiger partial charge < -0.3 is 15.4 Å². The van der Waals surface area contributed by atoms with Crippen molar-refractivity contribution in [1.29, 1.82) is 0 Å². The van der Waals surface area contributed by atoms with Crippen LogP contribution in [-0.2, 0) is 11.2 Å². The Morgan fingerprint density at radius 3 is 2.73 bits per heavy atom. The molecule has 0 radical (unpaired) electrons. The number of pyridine rings is 1. The van der Waals surface area contributed by atoms with E-state index in [1.165, 1.54) is 0 Å². The van der Waals surface area contributed by atoms with Crippen molar-refractivity contribution < 1.29 is 14.3 Å². The number of benzene rings is 2. The van der Waals surface area contributed by atoms with E-state index in [4.69, 9.17) is 14.7 Å². The zero-order valence-corrected chi connectivity index (χ0v) is 18.6. The molecule has 0 aliphatic carbocycles. The quantitative estimate of drug-likeness (QED) is 0.504. The largest absolute Gasteiger partial charge is 0.497 e. The third-order valence-electron chi connectivity index (χ3n) is 5.78. The first-order valence-electron chi connectivity index (χ1n) is 10.7. The normalized spacial score (nSPS) is 12.9. The molecule has 0 saturated carbocycles. The summed E-state index contributed by atoms with van der Waals surface area (Å²) < 4.78 is 7.48. The number of aryl methyl sites for hydroxylation is 2. The summed E-state index contributed by atoms with van der Waals surface area (Å²) >= 11 is 0. The smallest absolute Gasteiger partial charge is 0.251 e. The number of carbonyl (C=O) groups excluding carboxylic acids is 2. The van der Waals surface area contributed by atoms with Crippen LogP contribution in [0.5, 0.6) is 5.75 Å². The van der Waals surface area contributed by atoms with E-state index in [-0.39, 0.29) is 11.8 Å². The number of fused-ring (bicyclic) bond motifs is 2. The monoisotopic (exact) mass is 441 g/mol. The standard InChI is InChI=1S/C25H23N5O3/c1-14-10-18(33-3)13-21(27-14)24-29-20-12-16(25(32)26-2)4-8-22(20)30(24)17-6-7-19-15(11-17)5-9-23(31)28-19/h4,6-8,10-13H,5,9H2,1-3H3,(H,26,32)(H,28,31). The van der Waals surface area contributed by atoms with E-state index < -0.39 is 0 Å². The lowest BCUT2D eigenvalue weighted by Crippen LogP contribution is -2.19. The van der Waals surface area contributed by atoms with Crippen LogP contribution < -0.4 is 15.4 Å². The molecule has 8 nitrogen and oxygen atoms in total. The molecule has 2 amide bonds. The van der Waals surface area contributed by atoms with E-state index in [0.29, 0.717) is 41.2 Å². The van der Waals surface area contributed by atoms with Crippen molar-refractivity contribution in [3.8, 4) is 23.0 Å². The van der Waals surface area contributed by atoms with Crippen molar-refractivity contribution in [2.45, 2.75) is 19.8 Å². The van der Waals surface area contributed by atoms with Gasteiger partial charge in [0.25, 0.3) is 5.91 Å². The zero-order valence-electron chi connectivity index (χ0n) is 18.6. The van der Waals surface area contributed by atoms with E-state index in [2.05, 4.69) is 16.7 Å². The summed E-state index contributed by atoms with van der Waals surface area (Å²) in [5.41, 5.74) is 6.33. The molecule has 33 heavy (non-hydrogen) atoms. The van der Waals surface area contributed by atoms with Gasteiger partial charge in [0, 0.05) is 48.2 Å². The summed E-state index contributed by atoms with van der Waals surface area (Å²) in [5.74, 6) is 1.19. The zero-order chi connectivity index (χ0) is 23.1. The average molecular weight is 441 g/mol. The van der Waals surface area contributed by atoms with Crippen molar-refractivity contribution in [3.63, 3.8) is 0 Å². The molecule has 0 atom stereocenters. The van der Waals surface area contributed by atoms with Gasteiger partial charge >= 0.3 is 0 Å². The average Bonchev–Trinajstić information content (AvgIpc) is 3.21. The number of aromatic nitrogens is 3. The van der Waals surface area contributed by atoms with Crippen LogP contribution in [0.4, 0.5) is 5.69 Å². The predicted molar refractivity (Wildman–Crippen MR) is 126 cm³/mol. The van der Waals surface area contributed by atoms with Crippen molar-refractivity contribution in [3.05, 3.63) is 65.4 Å². The third kappa shape index (κ3) is 3.69. The van der Waals surface area contributed by atoms with Crippen molar-refractivity contribution in [1.82, 2.24) is 19.9 Å². The molecule has 8 heteroatoms. The minimum Gasteiger partial charge on any atom is -0.497 e. The van der Waals surface area contributed by atoms with Gasteiger partial charge in [-0.1, -0.05) is 0 Å². The Labute approximate surface area is 190 Å². The summed E-state index contributed by atoms with van der Waals surface area (Å²) in [4.78, 5) is 33.6. The van der Waals surface area contributed by atoms with Crippen molar-refractivity contribution >= 4 is 28.5 Å². The molecule has 3 heterocycles. The van der Waals surface area contributed by atoms with Gasteiger partial charge in [-0.05, 0) is 55.3 Å². The van der Waals surface area contributed by atoms with E-state index in [1.54, 1.807) is 26.3 Å². The second kappa shape index (κ2) is 8.05. The Morgan fingerprint density at radius 2 is 1.94 bits per heavy atom. The number of anilines is 1. The first kappa shape index (κ1) is 20.7. The summed E-state index contributed by atoms with van der Waals surface area (Å²) in [7, 11) is 3.22. The fourth-order valence-electron chi connectivity index (χ4n) is 4.18. The molecule has 2 aromatic carbocycles. The van der Waals surface area contributed by atoms with E-state index in [1.807, 2.05) is 41.8 Å². The van der Waals surface area contributed by atoms with Crippen LogP contribution in [0.15, 0.2) is 48.5 Å². The highest BCUT2D eigenvalue weighted by molar-refractivity contribution is 5.98. The first-order valence-corrected chi connectivity index (χ1v) is 10.7. The third-order valence-corrected chi connectivity index (χ3v) is 5.78. The molecule has 2 aromatic heterocycles. The number of ether oxygens (including phenoxy) is 1. The van der Waals surface area contributed by atoms with Crippen molar-refractivity contribution in [2.75, 3.05) is 19.5 Å². The molecule has 5 rings (SSSR count). The van der Waals surface area contributed by atoms with Gasteiger partial charge in [0.05, 0.1) is 18.1 Å². The number of methoxy groups -OCH3 is 1. The molecule has 0 spiro atoms. The minimum atomic E-state index is -0.173. The van der Waals surface area contributed by atoms with Gasteiger partial charge in [-0.15, -0.1) is 0 Å². The molecule has 1 aliphatic heterocycles. The van der Waals surface area contributed by atoms with Crippen LogP contribution in [0.3, 0.4) is 0 Å².